The van der Waals surface area contributed by atoms with Crippen LogP contribution in [0.2, 0.25) is 0 Å². The Morgan fingerprint density at radius 2 is 1.50 bits per heavy atom. The van der Waals surface area contributed by atoms with Gasteiger partial charge in [-0.25, -0.2) is 5.43 Å². The van der Waals surface area contributed by atoms with Crippen LogP contribution in [0.25, 0.3) is 0 Å². The number of carbonyl (C=O) groups is 1. The number of piperazine rings is 1. The lowest BCUT2D eigenvalue weighted by Gasteiger charge is -2.36. The van der Waals surface area contributed by atoms with E-state index in [2.05, 4.69) is 66.6 Å². The molecule has 6 heteroatoms. The summed E-state index contributed by atoms with van der Waals surface area (Å²) in [5, 5.41) is 4.24. The number of benzene rings is 3. The average molecular weight is 491 g/mol. The normalized spacial score (nSPS) is 14.9. The molecule has 1 N–H and O–H groups in total. The summed E-state index contributed by atoms with van der Waals surface area (Å²) in [5.74, 6) is -0.204. The van der Waals surface area contributed by atoms with Crippen molar-refractivity contribution in [3.63, 3.8) is 0 Å². The fourth-order valence-corrected chi connectivity index (χ4v) is 4.04. The summed E-state index contributed by atoms with van der Waals surface area (Å²) in [7, 11) is 0. The third-order valence-electron chi connectivity index (χ3n) is 5.70. The maximum Gasteiger partial charge on any atom is 0.271 e. The SMILES string of the molecule is C/C(=N/NC(=O)c1ccc(CN2CCN(c3ccccc3)CC2)cc1)c1ccc(Br)cc1. The number of para-hydroxylation sites is 1. The summed E-state index contributed by atoms with van der Waals surface area (Å²) >= 11 is 3.42. The topological polar surface area (TPSA) is 47.9 Å². The van der Waals surface area contributed by atoms with Crippen molar-refractivity contribution in [2.45, 2.75) is 13.5 Å². The van der Waals surface area contributed by atoms with Crippen molar-refractivity contribution in [3.8, 4) is 0 Å². The minimum atomic E-state index is -0.204. The molecular weight excluding hydrogens is 464 g/mol. The van der Waals surface area contributed by atoms with E-state index in [1.54, 1.807) is 0 Å². The Morgan fingerprint density at radius 3 is 2.16 bits per heavy atom. The molecule has 4 rings (SSSR count). The third-order valence-corrected chi connectivity index (χ3v) is 6.23. The van der Waals surface area contributed by atoms with Crippen LogP contribution < -0.4 is 10.3 Å². The van der Waals surface area contributed by atoms with Gasteiger partial charge in [0, 0.05) is 48.4 Å². The number of rotatable bonds is 6. The first kappa shape index (κ1) is 22.2. The first-order valence-electron chi connectivity index (χ1n) is 10.8. The molecule has 0 aliphatic carbocycles. The number of halogens is 1. The van der Waals surface area contributed by atoms with Gasteiger partial charge in [0.1, 0.15) is 0 Å². The smallest absolute Gasteiger partial charge is 0.271 e. The first-order chi connectivity index (χ1) is 15.6. The second kappa shape index (κ2) is 10.6. The molecule has 0 unspecified atom stereocenters. The Morgan fingerprint density at radius 1 is 0.875 bits per heavy atom. The van der Waals surface area contributed by atoms with E-state index in [0.29, 0.717) is 5.56 Å². The average Bonchev–Trinajstić information content (AvgIpc) is 2.84. The summed E-state index contributed by atoms with van der Waals surface area (Å²) in [6.07, 6.45) is 0. The minimum Gasteiger partial charge on any atom is -0.369 e. The molecule has 32 heavy (non-hydrogen) atoms. The zero-order chi connectivity index (χ0) is 22.3. The molecule has 0 aromatic heterocycles. The zero-order valence-corrected chi connectivity index (χ0v) is 19.8. The number of hydrazone groups is 1. The van der Waals surface area contributed by atoms with E-state index < -0.39 is 0 Å². The van der Waals surface area contributed by atoms with Gasteiger partial charge in [-0.05, 0) is 54.4 Å². The van der Waals surface area contributed by atoms with Crippen molar-refractivity contribution < 1.29 is 4.79 Å². The van der Waals surface area contributed by atoms with E-state index in [1.807, 2.05) is 55.5 Å². The van der Waals surface area contributed by atoms with Crippen molar-refractivity contribution >= 4 is 33.2 Å². The second-order valence-electron chi connectivity index (χ2n) is 7.94. The van der Waals surface area contributed by atoms with Crippen LogP contribution in [0.5, 0.6) is 0 Å². The maximum atomic E-state index is 12.5. The Balaban J connectivity index is 1.28. The Bertz CT molecular complexity index is 1060. The Kier molecular flexibility index (Phi) is 7.35. The fourth-order valence-electron chi connectivity index (χ4n) is 3.78. The molecule has 1 aliphatic rings. The third kappa shape index (κ3) is 5.84. The molecule has 0 bridgehead atoms. The van der Waals surface area contributed by atoms with Gasteiger partial charge in [0.05, 0.1) is 5.71 Å². The van der Waals surface area contributed by atoms with Crippen molar-refractivity contribution in [3.05, 3.63) is 100 Å². The van der Waals surface area contributed by atoms with E-state index in [0.717, 1.165) is 48.5 Å². The summed E-state index contributed by atoms with van der Waals surface area (Å²) in [6.45, 7) is 6.89. The number of hydrogen-bond acceptors (Lipinski definition) is 4. The molecule has 5 nitrogen and oxygen atoms in total. The summed E-state index contributed by atoms with van der Waals surface area (Å²) in [4.78, 5) is 17.4. The van der Waals surface area contributed by atoms with Crippen LogP contribution in [0.1, 0.15) is 28.4 Å². The zero-order valence-electron chi connectivity index (χ0n) is 18.2. The molecule has 0 saturated carbocycles. The summed E-state index contributed by atoms with van der Waals surface area (Å²) in [5.41, 5.74) is 7.50. The molecule has 1 aliphatic heterocycles. The van der Waals surface area contributed by atoms with Crippen molar-refractivity contribution in [2.24, 2.45) is 5.10 Å². The second-order valence-corrected chi connectivity index (χ2v) is 8.86. The Hall–Kier alpha value is -2.96. The molecule has 1 amide bonds. The van der Waals surface area contributed by atoms with Crippen LogP contribution >= 0.6 is 15.9 Å². The monoisotopic (exact) mass is 490 g/mol. The molecule has 1 heterocycles. The highest BCUT2D eigenvalue weighted by atomic mass is 79.9. The van der Waals surface area contributed by atoms with Gasteiger partial charge in [0.15, 0.2) is 0 Å². The lowest BCUT2D eigenvalue weighted by molar-refractivity contribution is 0.0955. The lowest BCUT2D eigenvalue weighted by atomic mass is 10.1. The Labute approximate surface area is 197 Å². The fraction of sp³-hybridized carbons (Fsp3) is 0.231. The summed E-state index contributed by atoms with van der Waals surface area (Å²) < 4.78 is 1.01. The van der Waals surface area contributed by atoms with Crippen molar-refractivity contribution in [1.82, 2.24) is 10.3 Å². The summed E-state index contributed by atoms with van der Waals surface area (Å²) in [6, 6.07) is 26.2. The van der Waals surface area contributed by atoms with E-state index in [9.17, 15) is 4.79 Å². The first-order valence-corrected chi connectivity index (χ1v) is 11.6. The highest BCUT2D eigenvalue weighted by Gasteiger charge is 2.17. The quantitative estimate of drug-likeness (QED) is 0.393. The molecule has 0 atom stereocenters. The van der Waals surface area contributed by atoms with Gasteiger partial charge < -0.3 is 4.90 Å². The van der Waals surface area contributed by atoms with Crippen LogP contribution in [0.3, 0.4) is 0 Å². The predicted octanol–water partition coefficient (Wildman–Crippen LogP) is 4.93. The number of carbonyl (C=O) groups excluding carboxylic acids is 1. The van der Waals surface area contributed by atoms with Crippen LogP contribution in [0.15, 0.2) is 88.4 Å². The van der Waals surface area contributed by atoms with E-state index in [1.165, 1.54) is 11.3 Å². The number of anilines is 1. The van der Waals surface area contributed by atoms with E-state index in [-0.39, 0.29) is 5.91 Å². The number of nitrogens with zero attached hydrogens (tertiary/aromatic N) is 3. The van der Waals surface area contributed by atoms with Gasteiger partial charge in [-0.15, -0.1) is 0 Å². The molecular formula is C26H27BrN4O. The molecule has 1 fully saturated rings. The maximum absolute atomic E-state index is 12.5. The van der Waals surface area contributed by atoms with Crippen LogP contribution in [0, 0.1) is 0 Å². The predicted molar refractivity (Wildman–Crippen MR) is 134 cm³/mol. The number of nitrogens with one attached hydrogen (secondary N) is 1. The van der Waals surface area contributed by atoms with Crippen LogP contribution in [-0.2, 0) is 6.54 Å². The van der Waals surface area contributed by atoms with Crippen molar-refractivity contribution in [1.29, 1.82) is 0 Å². The van der Waals surface area contributed by atoms with Crippen LogP contribution in [0.4, 0.5) is 5.69 Å². The molecule has 164 valence electrons. The van der Waals surface area contributed by atoms with Gasteiger partial charge in [-0.3, -0.25) is 9.69 Å². The molecule has 3 aromatic carbocycles. The molecule has 0 radical (unpaired) electrons. The largest absolute Gasteiger partial charge is 0.369 e. The lowest BCUT2D eigenvalue weighted by Crippen LogP contribution is -2.45. The standard InChI is InChI=1S/C26H27BrN4O/c1-20(22-11-13-24(27)14-12-22)28-29-26(32)23-9-7-21(8-10-23)19-30-15-17-31(18-16-30)25-5-3-2-4-6-25/h2-14H,15-19H2,1H3,(H,29,32)/b28-20-. The van der Waals surface area contributed by atoms with Crippen LogP contribution in [-0.4, -0.2) is 42.7 Å². The van der Waals surface area contributed by atoms with E-state index >= 15 is 0 Å². The highest BCUT2D eigenvalue weighted by Crippen LogP contribution is 2.17. The van der Waals surface area contributed by atoms with Gasteiger partial charge in [0.25, 0.3) is 5.91 Å². The van der Waals surface area contributed by atoms with Gasteiger partial charge in [-0.1, -0.05) is 58.4 Å². The minimum absolute atomic E-state index is 0.204. The number of amides is 1. The van der Waals surface area contributed by atoms with Gasteiger partial charge in [-0.2, -0.15) is 5.10 Å². The van der Waals surface area contributed by atoms with Crippen molar-refractivity contribution in [2.75, 3.05) is 31.1 Å². The van der Waals surface area contributed by atoms with Gasteiger partial charge in [0.2, 0.25) is 0 Å². The molecule has 3 aromatic rings. The van der Waals surface area contributed by atoms with E-state index in [4.69, 9.17) is 0 Å². The molecule has 0 spiro atoms. The molecule has 1 saturated heterocycles. The number of hydrogen-bond donors (Lipinski definition) is 1. The highest BCUT2D eigenvalue weighted by molar-refractivity contribution is 9.10. The van der Waals surface area contributed by atoms with Gasteiger partial charge >= 0.3 is 0 Å².